The van der Waals surface area contributed by atoms with Crippen LogP contribution in [0.5, 0.6) is 5.75 Å². The minimum absolute atomic E-state index is 0.166. The van der Waals surface area contributed by atoms with Gasteiger partial charge in [0.05, 0.1) is 56.6 Å². The molecule has 4 aromatic carbocycles. The zero-order valence-electron chi connectivity index (χ0n) is 62.2. The van der Waals surface area contributed by atoms with E-state index in [1.807, 2.05) is 50.2 Å². The Balaban J connectivity index is 1.17. The number of H-pyrrole nitrogens is 1. The lowest BCUT2D eigenvalue weighted by molar-refractivity contribution is -0.142. The minimum Gasteiger partial charge on any atom is -0.497 e. The topological polar surface area (TPSA) is 520 Å². The highest BCUT2D eigenvalue weighted by Crippen LogP contribution is 2.29. The van der Waals surface area contributed by atoms with Gasteiger partial charge in [0.2, 0.25) is 65.0 Å². The number of nitrogens with one attached hydrogen (secondary N) is 11. The number of rotatable bonds is 41. The highest BCUT2D eigenvalue weighted by Gasteiger charge is 2.43. The van der Waals surface area contributed by atoms with E-state index in [9.17, 15) is 87.9 Å². The number of carbonyl (C=O) groups excluding carboxylic acids is 11. The van der Waals surface area contributed by atoms with Gasteiger partial charge in [-0.3, -0.25) is 67.3 Å². The SMILES string of the molecule is CCc1cc(OC)ccc1-c1ccc(C[C@H](NC(=O)[C@H](CC(=O)O)NC(=O)[C@H](CO)NC(=O)[C@@H](NC(=O)C(C)(Cc2ccccc2F)NC(=O)[C@@H](NC(=O)CNC(=O)[C@H](CCC(=O)O)NC(=O)C(C)(C)NC(=O)[C@@H](C)Cc2c[nH]cn2)[C@@H](C)O)[C@@H](C)O)C(=O)N[C@@H](Cc2ccc(-c3ccccc3C)nc2)C(N)=O)cc1. The summed E-state index contributed by atoms with van der Waals surface area (Å²) in [4.78, 5) is 189. The van der Waals surface area contributed by atoms with Crippen molar-refractivity contribution in [2.45, 2.75) is 172 Å². The number of carbonyl (C=O) groups is 13. The summed E-state index contributed by atoms with van der Waals surface area (Å²) in [6.45, 7) is 8.96. The number of benzene rings is 4. The zero-order chi connectivity index (χ0) is 81.3. The molecule has 0 fully saturated rings. The maximum absolute atomic E-state index is 15.5. The molecule has 0 saturated heterocycles. The first-order valence-corrected chi connectivity index (χ1v) is 35.2. The molecular weight excluding hydrogens is 1430 g/mol. The summed E-state index contributed by atoms with van der Waals surface area (Å²) in [6.07, 6.45) is -1.92. The second-order valence-corrected chi connectivity index (χ2v) is 27.3. The molecular formula is C76H95FN14O19. The molecule has 34 heteroatoms. The van der Waals surface area contributed by atoms with Crippen molar-refractivity contribution in [2.75, 3.05) is 20.3 Å². The number of carboxylic acid groups (broad SMARTS) is 2. The molecule has 0 saturated carbocycles. The van der Waals surface area contributed by atoms with Gasteiger partial charge in [-0.25, -0.2) is 9.37 Å². The van der Waals surface area contributed by atoms with Crippen molar-refractivity contribution >= 4 is 76.9 Å². The number of amides is 11. The number of aromatic nitrogens is 3. The van der Waals surface area contributed by atoms with Gasteiger partial charge in [-0.2, -0.15) is 0 Å². The van der Waals surface area contributed by atoms with Gasteiger partial charge in [0.25, 0.3) is 0 Å². The molecule has 0 spiro atoms. The largest absolute Gasteiger partial charge is 0.497 e. The van der Waals surface area contributed by atoms with Crippen LogP contribution in [0.4, 0.5) is 4.39 Å². The fraction of sp³-hybridized carbons (Fsp3) is 0.408. The lowest BCUT2D eigenvalue weighted by atomic mass is 9.90. The zero-order valence-corrected chi connectivity index (χ0v) is 62.2. The van der Waals surface area contributed by atoms with Crippen LogP contribution in [0.25, 0.3) is 22.4 Å². The molecule has 110 heavy (non-hydrogen) atoms. The Bertz CT molecular complexity index is 4270. The summed E-state index contributed by atoms with van der Waals surface area (Å²) in [5.74, 6) is -16.5. The van der Waals surface area contributed by atoms with Gasteiger partial charge in [-0.15, -0.1) is 0 Å². The Morgan fingerprint density at radius 3 is 1.80 bits per heavy atom. The van der Waals surface area contributed by atoms with Crippen molar-refractivity contribution in [2.24, 2.45) is 11.7 Å². The summed E-state index contributed by atoms with van der Waals surface area (Å²) in [7, 11) is 1.54. The molecule has 1 unspecified atom stereocenters. The van der Waals surface area contributed by atoms with Gasteiger partial charge < -0.3 is 94.2 Å². The van der Waals surface area contributed by atoms with Crippen molar-refractivity contribution in [1.29, 1.82) is 0 Å². The Morgan fingerprint density at radius 1 is 0.600 bits per heavy atom. The van der Waals surface area contributed by atoms with Crippen molar-refractivity contribution in [1.82, 2.24) is 68.1 Å². The van der Waals surface area contributed by atoms with Gasteiger partial charge in [0.1, 0.15) is 64.9 Å². The van der Waals surface area contributed by atoms with Crippen LogP contribution in [0.1, 0.15) is 101 Å². The van der Waals surface area contributed by atoms with Crippen LogP contribution < -0.4 is 63.6 Å². The summed E-state index contributed by atoms with van der Waals surface area (Å²) >= 11 is 0. The van der Waals surface area contributed by atoms with Gasteiger partial charge in [-0.1, -0.05) is 92.7 Å². The molecule has 6 aromatic rings. The van der Waals surface area contributed by atoms with E-state index in [0.717, 1.165) is 54.7 Å². The van der Waals surface area contributed by atoms with Crippen LogP contribution in [0.2, 0.25) is 0 Å². The number of carboxylic acids is 2. The number of aliphatic hydroxyl groups excluding tert-OH is 3. The first-order valence-electron chi connectivity index (χ1n) is 35.2. The number of hydrogen-bond acceptors (Lipinski definition) is 19. The molecule has 18 N–H and O–H groups in total. The van der Waals surface area contributed by atoms with Crippen LogP contribution in [0.3, 0.4) is 0 Å². The highest BCUT2D eigenvalue weighted by atomic mass is 19.1. The maximum Gasteiger partial charge on any atom is 0.305 e. The molecule has 590 valence electrons. The molecule has 0 radical (unpaired) electrons. The molecule has 0 aliphatic rings. The van der Waals surface area contributed by atoms with E-state index in [1.54, 1.807) is 62.7 Å². The van der Waals surface area contributed by atoms with Crippen LogP contribution in [0.15, 0.2) is 122 Å². The monoisotopic (exact) mass is 1530 g/mol. The van der Waals surface area contributed by atoms with Crippen molar-refractivity contribution < 1.29 is 97.0 Å². The third kappa shape index (κ3) is 25.3. The van der Waals surface area contributed by atoms with Gasteiger partial charge in [0.15, 0.2) is 0 Å². The highest BCUT2D eigenvalue weighted by molar-refractivity contribution is 6.01. The number of pyridine rings is 1. The standard InChI is InChI=1S/C76H95FN14O19/c1-10-46-32-50(110-9)24-25-52(46)47-22-19-44(20-23-47)30-57(68(103)83-56(65(78)100)31-45-21-26-54(80-35-45)51-17-13-11-15-40(51)2)84-69(104)58(33-62(98)99)85-70(105)59(38-92)86-71(106)63(42(4)93)89-74(109)76(8,34-48-16-12-14-18-53(48)77)91-72(107)64(43(5)94)88-60(95)37-81-67(102)55(27-28-61(96)97)87-73(108)75(6,7)90-66(101)41(3)29-49-36-79-39-82-49/h11-26,32,35-36,39,41-43,55-59,63-64,92-94H,10,27-31,33-34,37-38H2,1-9H3,(H2,78,100)(H,79,82)(H,81,102)(H,83,103)(H,84,104)(H,85,105)(H,86,106)(H,87,108)(H,88,95)(H,89,109)(H,90,101)(H,91,107)(H,96,97)(H,98,99)/t41-,42+,43+,55-,56-,57-,58-,59-,63-,64-,76?/m0/s1. The number of hydrogen-bond donors (Lipinski definition) is 17. The number of aromatic amines is 1. The number of nitrogens with two attached hydrogens (primary N) is 1. The third-order valence-corrected chi connectivity index (χ3v) is 18.0. The van der Waals surface area contributed by atoms with Crippen molar-refractivity contribution in [3.05, 3.63) is 161 Å². The van der Waals surface area contributed by atoms with Gasteiger partial charge in [0, 0.05) is 56.0 Å². The molecule has 2 aromatic heterocycles. The maximum atomic E-state index is 15.5. The average Bonchev–Trinajstić information content (AvgIpc) is 1.10. The molecule has 0 aliphatic heterocycles. The Hall–Kier alpha value is -12.0. The van der Waals surface area contributed by atoms with E-state index in [-0.39, 0.29) is 24.8 Å². The first kappa shape index (κ1) is 86.9. The predicted molar refractivity (Wildman–Crippen MR) is 395 cm³/mol. The van der Waals surface area contributed by atoms with E-state index in [4.69, 9.17) is 10.5 Å². The molecule has 6 rings (SSSR count). The second kappa shape index (κ2) is 40.2. The Labute approximate surface area is 633 Å². The molecule has 0 aliphatic carbocycles. The fourth-order valence-corrected chi connectivity index (χ4v) is 11.6. The lowest BCUT2D eigenvalue weighted by Crippen LogP contribution is -2.67. The quantitative estimate of drug-likeness (QED) is 0.0239. The van der Waals surface area contributed by atoms with Crippen LogP contribution in [-0.4, -0.2) is 203 Å². The number of ether oxygens (including phenoxy) is 1. The number of primary amides is 1. The Morgan fingerprint density at radius 2 is 1.21 bits per heavy atom. The van der Waals surface area contributed by atoms with Crippen molar-refractivity contribution in [3.63, 3.8) is 0 Å². The number of nitrogens with zero attached hydrogens (tertiary/aromatic N) is 2. The van der Waals surface area contributed by atoms with Gasteiger partial charge >= 0.3 is 11.9 Å². The summed E-state index contributed by atoms with van der Waals surface area (Å²) in [6, 6.07) is 15.3. The smallest absolute Gasteiger partial charge is 0.305 e. The number of aliphatic hydroxyl groups is 3. The van der Waals surface area contributed by atoms with E-state index >= 15 is 4.39 Å². The number of aliphatic carboxylic acids is 2. The molecule has 0 bridgehead atoms. The second-order valence-electron chi connectivity index (χ2n) is 27.3. The third-order valence-electron chi connectivity index (χ3n) is 18.0. The van der Waals surface area contributed by atoms with Gasteiger partial charge in [-0.05, 0) is 118 Å². The Kier molecular flexibility index (Phi) is 31.8. The summed E-state index contributed by atoms with van der Waals surface area (Å²) in [5.41, 5.74) is 8.08. The van der Waals surface area contributed by atoms with E-state index in [0.29, 0.717) is 34.7 Å². The molecule has 11 atom stereocenters. The van der Waals surface area contributed by atoms with E-state index in [1.165, 1.54) is 44.6 Å². The molecule has 11 amide bonds. The minimum atomic E-state index is -2.43. The molecule has 33 nitrogen and oxygen atoms in total. The molecule has 2 heterocycles. The number of halogens is 1. The normalized spacial score (nSPS) is 14.5. The predicted octanol–water partition coefficient (Wildman–Crippen LogP) is -0.0779. The van der Waals surface area contributed by atoms with E-state index in [2.05, 4.69) is 68.1 Å². The first-order chi connectivity index (χ1) is 52.0. The number of imidazole rings is 1. The average molecular weight is 1530 g/mol. The van der Waals surface area contributed by atoms with Crippen molar-refractivity contribution in [3.8, 4) is 28.1 Å². The van der Waals surface area contributed by atoms with Crippen LogP contribution in [-0.2, 0) is 94.4 Å². The number of aryl methyl sites for hydroxylation is 2. The number of methoxy groups -OCH3 is 1. The van der Waals surface area contributed by atoms with Crippen LogP contribution in [0, 0.1) is 18.7 Å². The fourth-order valence-electron chi connectivity index (χ4n) is 11.6. The van der Waals surface area contributed by atoms with Crippen LogP contribution >= 0.6 is 0 Å². The summed E-state index contributed by atoms with van der Waals surface area (Å²) in [5, 5.41) is 75.4. The van der Waals surface area contributed by atoms with E-state index < -0.39 is 193 Å². The summed E-state index contributed by atoms with van der Waals surface area (Å²) < 4.78 is 20.9. The lowest BCUT2D eigenvalue weighted by Gasteiger charge is -2.34.